The van der Waals surface area contributed by atoms with Crippen molar-refractivity contribution in [2.24, 2.45) is 0 Å². The molecular formula is C15H18N2O3. The molecule has 106 valence electrons. The average molecular weight is 274 g/mol. The minimum Gasteiger partial charge on any atom is -0.479 e. The number of nitrogens with zero attached hydrogens (tertiary/aromatic N) is 2. The standard InChI is InChI=1S/C15H18N2O3/c1-9-5-12-13(6-10(9)2)17(8-16-12)7-11-3-4-14(20-11)15(18)19/h5-6,8,11,14H,3-4,7H2,1-2H3,(H,18,19). The molecular weight excluding hydrogens is 256 g/mol. The van der Waals surface area contributed by atoms with E-state index in [9.17, 15) is 4.79 Å². The van der Waals surface area contributed by atoms with Crippen LogP contribution in [-0.4, -0.2) is 32.8 Å². The number of aliphatic carboxylic acids is 1. The van der Waals surface area contributed by atoms with Gasteiger partial charge in [0.25, 0.3) is 0 Å². The van der Waals surface area contributed by atoms with Crippen molar-refractivity contribution in [3.63, 3.8) is 0 Å². The molecule has 3 rings (SSSR count). The van der Waals surface area contributed by atoms with Crippen LogP contribution in [0.3, 0.4) is 0 Å². The summed E-state index contributed by atoms with van der Waals surface area (Å²) in [6, 6.07) is 4.21. The topological polar surface area (TPSA) is 64.4 Å². The van der Waals surface area contributed by atoms with E-state index in [-0.39, 0.29) is 6.10 Å². The van der Waals surface area contributed by atoms with Crippen LogP contribution in [0.1, 0.15) is 24.0 Å². The molecule has 2 heterocycles. The van der Waals surface area contributed by atoms with Gasteiger partial charge < -0.3 is 14.4 Å². The molecule has 1 N–H and O–H groups in total. The summed E-state index contributed by atoms with van der Waals surface area (Å²) < 4.78 is 7.60. The number of imidazole rings is 1. The van der Waals surface area contributed by atoms with Gasteiger partial charge in [-0.3, -0.25) is 0 Å². The number of hydrogen-bond donors (Lipinski definition) is 1. The maximum Gasteiger partial charge on any atom is 0.332 e. The average Bonchev–Trinajstić information content (AvgIpc) is 3.00. The van der Waals surface area contributed by atoms with E-state index in [0.29, 0.717) is 13.0 Å². The lowest BCUT2D eigenvalue weighted by atomic mass is 10.1. The van der Waals surface area contributed by atoms with E-state index in [1.165, 1.54) is 11.1 Å². The minimum atomic E-state index is -0.866. The molecule has 5 heteroatoms. The molecule has 1 fully saturated rings. The Labute approximate surface area is 117 Å². The Morgan fingerprint density at radius 1 is 1.40 bits per heavy atom. The van der Waals surface area contributed by atoms with E-state index in [0.717, 1.165) is 17.5 Å². The summed E-state index contributed by atoms with van der Waals surface area (Å²) in [6.45, 7) is 4.81. The summed E-state index contributed by atoms with van der Waals surface area (Å²) >= 11 is 0. The molecule has 0 saturated carbocycles. The van der Waals surface area contributed by atoms with Crippen LogP contribution in [0.5, 0.6) is 0 Å². The van der Waals surface area contributed by atoms with Gasteiger partial charge in [0.2, 0.25) is 0 Å². The molecule has 1 aromatic heterocycles. The zero-order valence-corrected chi connectivity index (χ0v) is 11.7. The molecule has 0 amide bonds. The lowest BCUT2D eigenvalue weighted by Gasteiger charge is -2.13. The molecule has 5 nitrogen and oxygen atoms in total. The van der Waals surface area contributed by atoms with Gasteiger partial charge in [-0.05, 0) is 49.9 Å². The Balaban J connectivity index is 1.82. The molecule has 2 atom stereocenters. The van der Waals surface area contributed by atoms with Gasteiger partial charge in [0.15, 0.2) is 6.10 Å². The molecule has 1 aliphatic rings. The van der Waals surface area contributed by atoms with Gasteiger partial charge in [0.05, 0.1) is 30.0 Å². The second kappa shape index (κ2) is 4.90. The van der Waals surface area contributed by atoms with Gasteiger partial charge in [0, 0.05) is 0 Å². The van der Waals surface area contributed by atoms with Crippen LogP contribution in [0.4, 0.5) is 0 Å². The monoisotopic (exact) mass is 274 g/mol. The number of ether oxygens (including phenoxy) is 1. The normalized spacial score (nSPS) is 22.5. The maximum atomic E-state index is 10.9. The molecule has 0 bridgehead atoms. The van der Waals surface area contributed by atoms with Crippen LogP contribution in [0, 0.1) is 13.8 Å². The molecule has 1 aromatic carbocycles. The number of fused-ring (bicyclic) bond motifs is 1. The van der Waals surface area contributed by atoms with E-state index < -0.39 is 12.1 Å². The van der Waals surface area contributed by atoms with Crippen LogP contribution in [0.15, 0.2) is 18.5 Å². The van der Waals surface area contributed by atoms with E-state index in [4.69, 9.17) is 9.84 Å². The third-order valence-corrected chi connectivity index (χ3v) is 4.02. The van der Waals surface area contributed by atoms with Gasteiger partial charge in [0.1, 0.15) is 0 Å². The van der Waals surface area contributed by atoms with Crippen molar-refractivity contribution in [3.05, 3.63) is 29.6 Å². The van der Waals surface area contributed by atoms with Crippen molar-refractivity contribution < 1.29 is 14.6 Å². The first-order valence-corrected chi connectivity index (χ1v) is 6.85. The van der Waals surface area contributed by atoms with Crippen LogP contribution in [0.25, 0.3) is 11.0 Å². The molecule has 0 radical (unpaired) electrons. The first-order chi connectivity index (χ1) is 9.54. The van der Waals surface area contributed by atoms with Gasteiger partial charge in [-0.25, -0.2) is 9.78 Å². The first kappa shape index (κ1) is 13.1. The highest BCUT2D eigenvalue weighted by atomic mass is 16.5. The summed E-state index contributed by atoms with van der Waals surface area (Å²) in [5.74, 6) is -0.866. The van der Waals surface area contributed by atoms with Crippen LogP contribution in [-0.2, 0) is 16.1 Å². The Morgan fingerprint density at radius 2 is 2.15 bits per heavy atom. The van der Waals surface area contributed by atoms with E-state index in [2.05, 4.69) is 35.5 Å². The van der Waals surface area contributed by atoms with Crippen LogP contribution in [0.2, 0.25) is 0 Å². The number of aromatic nitrogens is 2. The molecule has 2 aromatic rings. The largest absolute Gasteiger partial charge is 0.479 e. The van der Waals surface area contributed by atoms with E-state index in [1.807, 2.05) is 0 Å². The quantitative estimate of drug-likeness (QED) is 0.932. The molecule has 2 unspecified atom stereocenters. The first-order valence-electron chi connectivity index (χ1n) is 6.85. The second-order valence-corrected chi connectivity index (χ2v) is 5.48. The predicted octanol–water partition coefficient (Wildman–Crippen LogP) is 2.29. The number of aryl methyl sites for hydroxylation is 2. The smallest absolute Gasteiger partial charge is 0.332 e. The number of hydrogen-bond acceptors (Lipinski definition) is 3. The second-order valence-electron chi connectivity index (χ2n) is 5.48. The number of carboxylic acid groups (broad SMARTS) is 1. The summed E-state index contributed by atoms with van der Waals surface area (Å²) in [5.41, 5.74) is 4.51. The molecule has 0 aliphatic carbocycles. The lowest BCUT2D eigenvalue weighted by Crippen LogP contribution is -2.22. The Hall–Kier alpha value is -1.88. The molecule has 20 heavy (non-hydrogen) atoms. The van der Waals surface area contributed by atoms with Crippen molar-refractivity contribution in [3.8, 4) is 0 Å². The van der Waals surface area contributed by atoms with Crippen LogP contribution < -0.4 is 0 Å². The van der Waals surface area contributed by atoms with E-state index in [1.54, 1.807) is 6.33 Å². The Bertz CT molecular complexity index is 662. The Kier molecular flexibility index (Phi) is 3.22. The fourth-order valence-electron chi connectivity index (χ4n) is 2.70. The number of carbonyl (C=O) groups is 1. The predicted molar refractivity (Wildman–Crippen MR) is 74.7 cm³/mol. The highest BCUT2D eigenvalue weighted by molar-refractivity contribution is 5.77. The highest BCUT2D eigenvalue weighted by Gasteiger charge is 2.30. The number of carboxylic acids is 1. The lowest BCUT2D eigenvalue weighted by molar-refractivity contribution is -0.149. The Morgan fingerprint density at radius 3 is 2.85 bits per heavy atom. The molecule has 1 saturated heterocycles. The summed E-state index contributed by atoms with van der Waals surface area (Å²) in [7, 11) is 0. The fourth-order valence-corrected chi connectivity index (χ4v) is 2.70. The number of rotatable bonds is 3. The zero-order valence-electron chi connectivity index (χ0n) is 11.7. The fraction of sp³-hybridized carbons (Fsp3) is 0.467. The van der Waals surface area contributed by atoms with Crippen molar-refractivity contribution in [2.45, 2.75) is 45.4 Å². The molecule has 1 aliphatic heterocycles. The third kappa shape index (κ3) is 2.29. The third-order valence-electron chi connectivity index (χ3n) is 4.02. The maximum absolute atomic E-state index is 10.9. The summed E-state index contributed by atoms with van der Waals surface area (Å²) in [6.07, 6.45) is 2.47. The van der Waals surface area contributed by atoms with Gasteiger partial charge in [-0.2, -0.15) is 0 Å². The van der Waals surface area contributed by atoms with Crippen LogP contribution >= 0.6 is 0 Å². The van der Waals surface area contributed by atoms with Crippen molar-refractivity contribution in [1.29, 1.82) is 0 Å². The van der Waals surface area contributed by atoms with Gasteiger partial charge in [-0.15, -0.1) is 0 Å². The highest BCUT2D eigenvalue weighted by Crippen LogP contribution is 2.24. The SMILES string of the molecule is Cc1cc2ncn(CC3CCC(C(=O)O)O3)c2cc1C. The number of benzene rings is 1. The zero-order chi connectivity index (χ0) is 14.3. The molecule has 0 spiro atoms. The van der Waals surface area contributed by atoms with E-state index >= 15 is 0 Å². The van der Waals surface area contributed by atoms with Crippen molar-refractivity contribution in [2.75, 3.05) is 0 Å². The van der Waals surface area contributed by atoms with Gasteiger partial charge in [-0.1, -0.05) is 0 Å². The summed E-state index contributed by atoms with van der Waals surface area (Å²) in [4.78, 5) is 15.3. The van der Waals surface area contributed by atoms with Crippen molar-refractivity contribution >= 4 is 17.0 Å². The summed E-state index contributed by atoms with van der Waals surface area (Å²) in [5, 5.41) is 8.95. The van der Waals surface area contributed by atoms with Gasteiger partial charge >= 0.3 is 5.97 Å². The van der Waals surface area contributed by atoms with Crippen molar-refractivity contribution in [1.82, 2.24) is 9.55 Å². The minimum absolute atomic E-state index is 0.0462.